The number of nitrogens with zero attached hydrogens (tertiary/aromatic N) is 1. The SMILES string of the molecule is COc1cc(C(=O)O)c(C(=O)N(Cc2ccccc2)Cc2ccc(Oc3ccccc3)cc2)cc1C(=O)O. The molecular formula is C30H25NO7. The summed E-state index contributed by atoms with van der Waals surface area (Å²) in [5.74, 6) is -2.16. The number of hydrogen-bond donors (Lipinski definition) is 2. The first-order valence-electron chi connectivity index (χ1n) is 11.7. The van der Waals surface area contributed by atoms with Gasteiger partial charge in [-0.05, 0) is 47.5 Å². The van der Waals surface area contributed by atoms with Gasteiger partial charge in [0.1, 0.15) is 22.8 Å². The number of amides is 1. The molecule has 4 aromatic rings. The highest BCUT2D eigenvalue weighted by atomic mass is 16.5. The molecule has 2 N–H and O–H groups in total. The highest BCUT2D eigenvalue weighted by Crippen LogP contribution is 2.27. The number of rotatable bonds is 10. The first kappa shape index (κ1) is 26.0. The summed E-state index contributed by atoms with van der Waals surface area (Å²) in [6.07, 6.45) is 0. The molecule has 38 heavy (non-hydrogen) atoms. The van der Waals surface area contributed by atoms with Crippen molar-refractivity contribution in [1.29, 1.82) is 0 Å². The van der Waals surface area contributed by atoms with Gasteiger partial charge in [0.15, 0.2) is 0 Å². The lowest BCUT2D eigenvalue weighted by Gasteiger charge is -2.24. The van der Waals surface area contributed by atoms with Crippen molar-refractivity contribution in [3.63, 3.8) is 0 Å². The Morgan fingerprint density at radius 3 is 1.74 bits per heavy atom. The van der Waals surface area contributed by atoms with Gasteiger partial charge in [0.05, 0.1) is 18.2 Å². The maximum Gasteiger partial charge on any atom is 0.339 e. The zero-order valence-electron chi connectivity index (χ0n) is 20.5. The van der Waals surface area contributed by atoms with Crippen LogP contribution in [0.15, 0.2) is 97.1 Å². The van der Waals surface area contributed by atoms with Crippen LogP contribution in [0.25, 0.3) is 0 Å². The van der Waals surface area contributed by atoms with E-state index in [-0.39, 0.29) is 35.5 Å². The second kappa shape index (κ2) is 11.7. The van der Waals surface area contributed by atoms with Crippen LogP contribution in [0, 0.1) is 0 Å². The summed E-state index contributed by atoms with van der Waals surface area (Å²) >= 11 is 0. The van der Waals surface area contributed by atoms with Gasteiger partial charge in [0, 0.05) is 13.1 Å². The molecule has 0 heterocycles. The normalized spacial score (nSPS) is 10.4. The number of ether oxygens (including phenoxy) is 2. The quantitative estimate of drug-likeness (QED) is 0.280. The molecule has 1 amide bonds. The molecule has 8 heteroatoms. The monoisotopic (exact) mass is 511 g/mol. The van der Waals surface area contributed by atoms with E-state index in [9.17, 15) is 24.6 Å². The molecule has 0 saturated carbocycles. The summed E-state index contributed by atoms with van der Waals surface area (Å²) in [5.41, 5.74) is 0.715. The van der Waals surface area contributed by atoms with E-state index >= 15 is 0 Å². The average molecular weight is 512 g/mol. The van der Waals surface area contributed by atoms with Crippen molar-refractivity contribution >= 4 is 17.8 Å². The van der Waals surface area contributed by atoms with Gasteiger partial charge in [0.2, 0.25) is 0 Å². The van der Waals surface area contributed by atoms with Crippen molar-refractivity contribution in [1.82, 2.24) is 4.90 Å². The lowest BCUT2D eigenvalue weighted by Crippen LogP contribution is -2.31. The van der Waals surface area contributed by atoms with E-state index in [1.807, 2.05) is 72.8 Å². The maximum absolute atomic E-state index is 13.8. The van der Waals surface area contributed by atoms with E-state index in [1.165, 1.54) is 12.0 Å². The lowest BCUT2D eigenvalue weighted by atomic mass is 10.0. The van der Waals surface area contributed by atoms with Crippen molar-refractivity contribution < 1.29 is 34.1 Å². The Kier molecular flexibility index (Phi) is 8.03. The number of carbonyl (C=O) groups excluding carboxylic acids is 1. The van der Waals surface area contributed by atoms with Crippen LogP contribution in [-0.2, 0) is 13.1 Å². The number of para-hydroxylation sites is 1. The van der Waals surface area contributed by atoms with Gasteiger partial charge in [-0.3, -0.25) is 4.79 Å². The van der Waals surface area contributed by atoms with E-state index in [1.54, 1.807) is 12.1 Å². The Labute approximate surface area is 219 Å². The Morgan fingerprint density at radius 2 is 1.18 bits per heavy atom. The van der Waals surface area contributed by atoms with Crippen molar-refractivity contribution in [3.05, 3.63) is 125 Å². The molecule has 0 aliphatic rings. The predicted octanol–water partition coefficient (Wildman–Crippen LogP) is 5.73. The lowest BCUT2D eigenvalue weighted by molar-refractivity contribution is 0.0661. The van der Waals surface area contributed by atoms with Crippen LogP contribution in [-0.4, -0.2) is 40.1 Å². The van der Waals surface area contributed by atoms with Gasteiger partial charge < -0.3 is 24.6 Å². The largest absolute Gasteiger partial charge is 0.496 e. The van der Waals surface area contributed by atoms with Crippen LogP contribution in [0.1, 0.15) is 42.2 Å². The van der Waals surface area contributed by atoms with Gasteiger partial charge in [0.25, 0.3) is 5.91 Å². The summed E-state index contributed by atoms with van der Waals surface area (Å²) in [4.78, 5) is 39.0. The third kappa shape index (κ3) is 6.17. The number of carboxylic acid groups (broad SMARTS) is 2. The molecule has 4 aromatic carbocycles. The van der Waals surface area contributed by atoms with Crippen LogP contribution in [0.4, 0.5) is 0 Å². The standard InChI is InChI=1S/C30H25NO7/c1-37-27-17-25(29(33)34)24(16-26(27)30(35)36)28(32)31(18-20-8-4-2-5-9-20)19-21-12-14-23(15-13-21)38-22-10-6-3-7-11-22/h2-17H,18-19H2,1H3,(H,33,34)(H,35,36). The predicted molar refractivity (Wildman–Crippen MR) is 140 cm³/mol. The molecule has 0 saturated heterocycles. The van der Waals surface area contributed by atoms with Crippen molar-refractivity contribution in [2.24, 2.45) is 0 Å². The minimum absolute atomic E-state index is 0.143. The molecule has 0 spiro atoms. The molecule has 0 aliphatic carbocycles. The topological polar surface area (TPSA) is 113 Å². The van der Waals surface area contributed by atoms with Gasteiger partial charge in [-0.25, -0.2) is 9.59 Å². The highest BCUT2D eigenvalue weighted by molar-refractivity contribution is 6.07. The second-order valence-corrected chi connectivity index (χ2v) is 8.41. The van der Waals surface area contributed by atoms with Gasteiger partial charge in [-0.2, -0.15) is 0 Å². The summed E-state index contributed by atoms with van der Waals surface area (Å²) in [7, 11) is 1.24. The number of hydrogen-bond acceptors (Lipinski definition) is 5. The van der Waals surface area contributed by atoms with Crippen LogP contribution < -0.4 is 9.47 Å². The van der Waals surface area contributed by atoms with Gasteiger partial charge in [-0.1, -0.05) is 60.7 Å². The fourth-order valence-electron chi connectivity index (χ4n) is 3.95. The number of aromatic carboxylic acids is 2. The molecule has 0 radical (unpaired) electrons. The van der Waals surface area contributed by atoms with E-state index < -0.39 is 17.8 Å². The van der Waals surface area contributed by atoms with Crippen molar-refractivity contribution in [3.8, 4) is 17.2 Å². The van der Waals surface area contributed by atoms with Crippen LogP contribution in [0.2, 0.25) is 0 Å². The Bertz CT molecular complexity index is 1440. The minimum atomic E-state index is -1.37. The number of benzene rings is 4. The Hall–Kier alpha value is -5.11. The zero-order chi connectivity index (χ0) is 27.1. The van der Waals surface area contributed by atoms with Crippen molar-refractivity contribution in [2.45, 2.75) is 13.1 Å². The summed E-state index contributed by atoms with van der Waals surface area (Å²) in [6.45, 7) is 0.322. The fourth-order valence-corrected chi connectivity index (χ4v) is 3.95. The molecule has 192 valence electrons. The average Bonchev–Trinajstić information content (AvgIpc) is 2.93. The van der Waals surface area contributed by atoms with E-state index in [0.717, 1.165) is 23.3 Å². The third-order valence-electron chi connectivity index (χ3n) is 5.81. The summed E-state index contributed by atoms with van der Waals surface area (Å²) in [6, 6.07) is 27.9. The maximum atomic E-state index is 13.8. The van der Waals surface area contributed by atoms with Gasteiger partial charge in [-0.15, -0.1) is 0 Å². The highest BCUT2D eigenvalue weighted by Gasteiger charge is 2.27. The zero-order valence-corrected chi connectivity index (χ0v) is 20.5. The second-order valence-electron chi connectivity index (χ2n) is 8.41. The molecule has 0 aromatic heterocycles. The molecule has 8 nitrogen and oxygen atoms in total. The molecule has 4 rings (SSSR count). The fraction of sp³-hybridized carbons (Fsp3) is 0.100. The van der Waals surface area contributed by atoms with Gasteiger partial charge >= 0.3 is 11.9 Å². The van der Waals surface area contributed by atoms with Crippen LogP contribution in [0.5, 0.6) is 17.2 Å². The van der Waals surface area contributed by atoms with E-state index in [0.29, 0.717) is 11.5 Å². The number of methoxy groups -OCH3 is 1. The number of carbonyl (C=O) groups is 3. The third-order valence-corrected chi connectivity index (χ3v) is 5.81. The molecular weight excluding hydrogens is 486 g/mol. The van der Waals surface area contributed by atoms with E-state index in [4.69, 9.17) is 9.47 Å². The minimum Gasteiger partial charge on any atom is -0.496 e. The Balaban J connectivity index is 1.67. The first-order valence-corrected chi connectivity index (χ1v) is 11.7. The van der Waals surface area contributed by atoms with Crippen molar-refractivity contribution in [2.75, 3.05) is 7.11 Å². The Morgan fingerprint density at radius 1 is 0.658 bits per heavy atom. The van der Waals surface area contributed by atoms with Crippen LogP contribution in [0.3, 0.4) is 0 Å². The first-order chi connectivity index (χ1) is 18.4. The molecule has 0 atom stereocenters. The number of carboxylic acids is 2. The smallest absolute Gasteiger partial charge is 0.339 e. The molecule has 0 bridgehead atoms. The van der Waals surface area contributed by atoms with Crippen LogP contribution >= 0.6 is 0 Å². The molecule has 0 unspecified atom stereocenters. The summed E-state index contributed by atoms with van der Waals surface area (Å²) < 4.78 is 10.9. The molecule has 0 fully saturated rings. The summed E-state index contributed by atoms with van der Waals surface area (Å²) in [5, 5.41) is 19.4. The molecule has 0 aliphatic heterocycles. The van der Waals surface area contributed by atoms with E-state index in [2.05, 4.69) is 0 Å².